The van der Waals surface area contributed by atoms with Crippen molar-refractivity contribution in [1.29, 1.82) is 0 Å². The molecule has 0 radical (unpaired) electrons. The van der Waals surface area contributed by atoms with Crippen molar-refractivity contribution < 1.29 is 19.2 Å². The maximum Gasteiger partial charge on any atom is 0.343 e. The molecule has 2 rings (SSSR count). The highest BCUT2D eigenvalue weighted by atomic mass is 35.5. The Bertz CT molecular complexity index is 564. The minimum absolute atomic E-state index is 0.115. The van der Waals surface area contributed by atoms with Crippen LogP contribution in [0, 0.1) is 0 Å². The van der Waals surface area contributed by atoms with Gasteiger partial charge in [-0.25, -0.2) is 4.79 Å². The third-order valence-electron chi connectivity index (χ3n) is 2.54. The molecule has 5 nitrogen and oxygen atoms in total. The molecular formula is C13H12ClNO4. The molecule has 0 aliphatic heterocycles. The molecule has 1 heterocycles. The highest BCUT2D eigenvalue weighted by Crippen LogP contribution is 2.25. The lowest BCUT2D eigenvalue weighted by Crippen LogP contribution is -2.10. The number of nitrogens with zero attached hydrogens (tertiary/aromatic N) is 1. The van der Waals surface area contributed by atoms with Crippen molar-refractivity contribution >= 4 is 17.6 Å². The minimum atomic E-state index is -1.07. The molecule has 0 spiro atoms. The lowest BCUT2D eigenvalue weighted by molar-refractivity contribution is 0.0520. The third kappa shape index (κ3) is 2.94. The van der Waals surface area contributed by atoms with Crippen LogP contribution in [-0.2, 0) is 4.74 Å². The molecule has 0 unspecified atom stereocenters. The molecule has 100 valence electrons. The lowest BCUT2D eigenvalue weighted by Gasteiger charge is -2.09. The van der Waals surface area contributed by atoms with Crippen LogP contribution in [0.25, 0.3) is 0 Å². The predicted octanol–water partition coefficient (Wildman–Crippen LogP) is 2.59. The van der Waals surface area contributed by atoms with Crippen LogP contribution in [0.1, 0.15) is 34.6 Å². The van der Waals surface area contributed by atoms with Crippen molar-refractivity contribution in [2.45, 2.75) is 13.0 Å². The second kappa shape index (κ2) is 5.86. The van der Waals surface area contributed by atoms with Crippen LogP contribution in [0.4, 0.5) is 0 Å². The number of esters is 1. The monoisotopic (exact) mass is 281 g/mol. The summed E-state index contributed by atoms with van der Waals surface area (Å²) in [5.41, 5.74) is 0.800. The Balaban J connectivity index is 2.29. The van der Waals surface area contributed by atoms with E-state index in [1.807, 2.05) is 0 Å². The van der Waals surface area contributed by atoms with Crippen LogP contribution in [-0.4, -0.2) is 22.8 Å². The van der Waals surface area contributed by atoms with Crippen LogP contribution in [0.3, 0.4) is 0 Å². The van der Waals surface area contributed by atoms with Crippen LogP contribution >= 0.6 is 11.6 Å². The molecule has 1 atom stereocenters. The molecule has 19 heavy (non-hydrogen) atoms. The standard InChI is InChI=1S/C13H12ClNO4/c1-2-18-13(17)10-7-19-15-11(10)12(16)8-3-5-9(14)6-4-8/h3-7,12,16H,2H2,1H3/t12-/m1/s1. The fourth-order valence-corrected chi connectivity index (χ4v) is 1.73. The van der Waals surface area contributed by atoms with Crippen LogP contribution in [0.2, 0.25) is 5.02 Å². The van der Waals surface area contributed by atoms with E-state index in [4.69, 9.17) is 20.9 Å². The summed E-state index contributed by atoms with van der Waals surface area (Å²) >= 11 is 5.77. The lowest BCUT2D eigenvalue weighted by atomic mass is 10.0. The molecule has 0 saturated heterocycles. The van der Waals surface area contributed by atoms with E-state index in [1.54, 1.807) is 31.2 Å². The van der Waals surface area contributed by atoms with Crippen molar-refractivity contribution in [2.75, 3.05) is 6.61 Å². The molecule has 1 aromatic heterocycles. The zero-order valence-corrected chi connectivity index (χ0v) is 10.9. The van der Waals surface area contributed by atoms with E-state index in [9.17, 15) is 9.90 Å². The predicted molar refractivity (Wildman–Crippen MR) is 68.0 cm³/mol. The Hall–Kier alpha value is -1.85. The van der Waals surface area contributed by atoms with Gasteiger partial charge in [-0.2, -0.15) is 0 Å². The number of halogens is 1. The Labute approximate surface area is 114 Å². The van der Waals surface area contributed by atoms with E-state index < -0.39 is 12.1 Å². The number of benzene rings is 1. The maximum atomic E-state index is 11.7. The molecule has 0 fully saturated rings. The van der Waals surface area contributed by atoms with Gasteiger partial charge < -0.3 is 14.4 Å². The molecule has 0 aliphatic rings. The van der Waals surface area contributed by atoms with E-state index in [0.717, 1.165) is 6.26 Å². The summed E-state index contributed by atoms with van der Waals surface area (Å²) in [5.74, 6) is -0.577. The first-order chi connectivity index (χ1) is 9.13. The van der Waals surface area contributed by atoms with Gasteiger partial charge in [-0.3, -0.25) is 0 Å². The number of rotatable bonds is 4. The van der Waals surface area contributed by atoms with Gasteiger partial charge in [0.05, 0.1) is 6.61 Å². The molecule has 0 bridgehead atoms. The van der Waals surface area contributed by atoms with E-state index in [2.05, 4.69) is 5.16 Å². The number of aliphatic hydroxyl groups is 1. The van der Waals surface area contributed by atoms with Crippen molar-refractivity contribution in [2.24, 2.45) is 0 Å². The SMILES string of the molecule is CCOC(=O)c1conc1[C@H](O)c1ccc(Cl)cc1. The van der Waals surface area contributed by atoms with Crippen LogP contribution in [0.15, 0.2) is 35.1 Å². The zero-order valence-electron chi connectivity index (χ0n) is 10.2. The highest BCUT2D eigenvalue weighted by Gasteiger charge is 2.24. The van der Waals surface area contributed by atoms with Gasteiger partial charge >= 0.3 is 5.97 Å². The number of ether oxygens (including phenoxy) is 1. The number of aromatic nitrogens is 1. The quantitative estimate of drug-likeness (QED) is 0.872. The maximum absolute atomic E-state index is 11.7. The summed E-state index contributed by atoms with van der Waals surface area (Å²) in [6.07, 6.45) is 0.0855. The van der Waals surface area contributed by atoms with Gasteiger partial charge in [-0.1, -0.05) is 28.9 Å². The van der Waals surface area contributed by atoms with E-state index in [-0.39, 0.29) is 17.9 Å². The van der Waals surface area contributed by atoms with Gasteiger partial charge in [-0.15, -0.1) is 0 Å². The second-order valence-electron chi connectivity index (χ2n) is 3.79. The largest absolute Gasteiger partial charge is 0.462 e. The van der Waals surface area contributed by atoms with Gasteiger partial charge in [-0.05, 0) is 24.6 Å². The first-order valence-corrected chi connectivity index (χ1v) is 6.06. The van der Waals surface area contributed by atoms with Gasteiger partial charge in [0.25, 0.3) is 0 Å². The number of aliphatic hydroxyl groups excluding tert-OH is 1. The van der Waals surface area contributed by atoms with Gasteiger partial charge in [0.15, 0.2) is 0 Å². The Kier molecular flexibility index (Phi) is 4.19. The van der Waals surface area contributed by atoms with Gasteiger partial charge in [0.1, 0.15) is 23.6 Å². The highest BCUT2D eigenvalue weighted by molar-refractivity contribution is 6.30. The average molecular weight is 282 g/mol. The normalized spacial score (nSPS) is 12.2. The van der Waals surface area contributed by atoms with Gasteiger partial charge in [0, 0.05) is 5.02 Å². The topological polar surface area (TPSA) is 72.6 Å². The summed E-state index contributed by atoms with van der Waals surface area (Å²) in [6, 6.07) is 6.59. The number of carbonyl (C=O) groups excluding carboxylic acids is 1. The molecule has 0 amide bonds. The summed E-state index contributed by atoms with van der Waals surface area (Å²) in [5, 5.41) is 14.4. The number of hydrogen-bond donors (Lipinski definition) is 1. The molecule has 6 heteroatoms. The van der Waals surface area contributed by atoms with Crippen molar-refractivity contribution in [3.8, 4) is 0 Å². The van der Waals surface area contributed by atoms with E-state index >= 15 is 0 Å². The molecule has 0 saturated carbocycles. The second-order valence-corrected chi connectivity index (χ2v) is 4.22. The molecule has 1 N–H and O–H groups in total. The van der Waals surface area contributed by atoms with Crippen molar-refractivity contribution in [1.82, 2.24) is 5.16 Å². The fraction of sp³-hybridized carbons (Fsp3) is 0.231. The molecule has 1 aromatic carbocycles. The van der Waals surface area contributed by atoms with Gasteiger partial charge in [0.2, 0.25) is 0 Å². The van der Waals surface area contributed by atoms with Crippen LogP contribution < -0.4 is 0 Å². The van der Waals surface area contributed by atoms with Crippen molar-refractivity contribution in [3.05, 3.63) is 52.4 Å². The first-order valence-electron chi connectivity index (χ1n) is 5.68. The molecule has 0 aliphatic carbocycles. The molecular weight excluding hydrogens is 270 g/mol. The van der Waals surface area contributed by atoms with Crippen LogP contribution in [0.5, 0.6) is 0 Å². The summed E-state index contributed by atoms with van der Waals surface area (Å²) in [6.45, 7) is 1.93. The van der Waals surface area contributed by atoms with E-state index in [1.165, 1.54) is 0 Å². The molecule has 2 aromatic rings. The number of hydrogen-bond acceptors (Lipinski definition) is 5. The smallest absolute Gasteiger partial charge is 0.343 e. The van der Waals surface area contributed by atoms with Crippen molar-refractivity contribution in [3.63, 3.8) is 0 Å². The van der Waals surface area contributed by atoms with E-state index in [0.29, 0.717) is 10.6 Å². The minimum Gasteiger partial charge on any atom is -0.462 e. The first kappa shape index (κ1) is 13.6. The summed E-state index contributed by atoms with van der Waals surface area (Å²) in [4.78, 5) is 11.7. The Morgan fingerprint density at radius 3 is 2.79 bits per heavy atom. The Morgan fingerprint density at radius 2 is 2.16 bits per heavy atom. The Morgan fingerprint density at radius 1 is 1.47 bits per heavy atom. The summed E-state index contributed by atoms with van der Waals surface area (Å²) < 4.78 is 9.60. The zero-order chi connectivity index (χ0) is 13.8. The average Bonchev–Trinajstić information content (AvgIpc) is 2.88. The number of carbonyl (C=O) groups is 1. The third-order valence-corrected chi connectivity index (χ3v) is 2.79. The summed E-state index contributed by atoms with van der Waals surface area (Å²) in [7, 11) is 0. The fourth-order valence-electron chi connectivity index (χ4n) is 1.61.